The largest absolute Gasteiger partial charge is 0.382 e. The Morgan fingerprint density at radius 2 is 2.03 bits per heavy atom. The fourth-order valence-electron chi connectivity index (χ4n) is 4.18. The third-order valence-electron chi connectivity index (χ3n) is 5.81. The molecule has 32 heavy (non-hydrogen) atoms. The molecule has 4 aromatic rings. The number of pyridine rings is 1. The second-order valence-corrected chi connectivity index (χ2v) is 8.58. The van der Waals surface area contributed by atoms with Crippen LogP contribution < -0.4 is 5.73 Å². The van der Waals surface area contributed by atoms with E-state index >= 15 is 0 Å². The molecule has 5 rings (SSSR count). The van der Waals surface area contributed by atoms with Crippen LogP contribution in [0.4, 0.5) is 5.82 Å². The Bertz CT molecular complexity index is 1350. The molecule has 1 saturated heterocycles. The molecule has 8 nitrogen and oxygen atoms in total. The van der Waals surface area contributed by atoms with E-state index in [1.165, 1.54) is 0 Å². The monoisotopic (exact) mass is 447 g/mol. The van der Waals surface area contributed by atoms with Crippen molar-refractivity contribution in [2.75, 3.05) is 25.9 Å². The van der Waals surface area contributed by atoms with Gasteiger partial charge in [0.15, 0.2) is 11.6 Å². The number of nitrogens with zero attached hydrogens (tertiary/aromatic N) is 6. The summed E-state index contributed by atoms with van der Waals surface area (Å²) in [6.45, 7) is 1.56. The third kappa shape index (κ3) is 3.61. The third-order valence-corrected chi connectivity index (χ3v) is 6.09. The Morgan fingerprint density at radius 3 is 2.75 bits per heavy atom. The molecule has 162 valence electrons. The van der Waals surface area contributed by atoms with Crippen molar-refractivity contribution in [3.8, 4) is 22.6 Å². The van der Waals surface area contributed by atoms with Gasteiger partial charge in [-0.05, 0) is 44.3 Å². The minimum absolute atomic E-state index is 0.0817. The molecule has 9 heteroatoms. The van der Waals surface area contributed by atoms with Crippen molar-refractivity contribution in [1.82, 2.24) is 29.6 Å². The number of benzene rings is 1. The average Bonchev–Trinajstić information content (AvgIpc) is 3.41. The number of fused-ring (bicyclic) bond motifs is 1. The molecule has 1 aliphatic heterocycles. The molecule has 4 heterocycles. The van der Waals surface area contributed by atoms with Crippen molar-refractivity contribution in [1.29, 1.82) is 0 Å². The molecule has 0 aliphatic carbocycles. The average molecular weight is 448 g/mol. The van der Waals surface area contributed by atoms with E-state index in [1.807, 2.05) is 44.6 Å². The normalized spacial score (nSPS) is 16.7. The number of likely N-dealkylation sites (tertiary alicyclic amines) is 1. The van der Waals surface area contributed by atoms with Crippen LogP contribution in [-0.4, -0.2) is 55.6 Å². The van der Waals surface area contributed by atoms with Crippen molar-refractivity contribution in [3.05, 3.63) is 53.4 Å². The van der Waals surface area contributed by atoms with Crippen molar-refractivity contribution in [3.63, 3.8) is 0 Å². The van der Waals surface area contributed by atoms with Gasteiger partial charge in [-0.15, -0.1) is 0 Å². The number of anilines is 1. The summed E-state index contributed by atoms with van der Waals surface area (Å²) in [7, 11) is 3.83. The Kier molecular flexibility index (Phi) is 5.11. The highest BCUT2D eigenvalue weighted by molar-refractivity contribution is 6.35. The van der Waals surface area contributed by atoms with Crippen LogP contribution in [0.2, 0.25) is 5.02 Å². The molecule has 2 N–H and O–H groups in total. The maximum atomic E-state index is 13.3. The van der Waals surface area contributed by atoms with Gasteiger partial charge in [0.2, 0.25) is 0 Å². The molecule has 0 radical (unpaired) electrons. The molecule has 0 bridgehead atoms. The number of hydrogen-bond acceptors (Lipinski definition) is 7. The lowest BCUT2D eigenvalue weighted by Crippen LogP contribution is -2.22. The van der Waals surface area contributed by atoms with Gasteiger partial charge in [0.25, 0.3) is 0 Å². The number of nitrogen functional groups attached to an aromatic ring is 1. The molecule has 0 saturated carbocycles. The predicted octanol–water partition coefficient (Wildman–Crippen LogP) is 3.46. The van der Waals surface area contributed by atoms with Gasteiger partial charge in [-0.3, -0.25) is 14.5 Å². The molecular formula is C23H22ClN7O. The van der Waals surface area contributed by atoms with Crippen molar-refractivity contribution < 1.29 is 4.79 Å². The van der Waals surface area contributed by atoms with E-state index in [0.717, 1.165) is 23.9 Å². The van der Waals surface area contributed by atoms with Gasteiger partial charge in [-0.1, -0.05) is 17.7 Å². The molecule has 0 amide bonds. The second-order valence-electron chi connectivity index (χ2n) is 8.17. The standard InChI is InChI=1S/C23H22ClN7O/c1-30-8-5-14(12-30)22(32)21-23(25)28-20(17-6-9-31(2)29-17)19(27-21)15-10-13-4-3-7-26-18(13)16(24)11-15/h3-4,6-7,9-11,14H,5,8,12H2,1-2H3,(H2,25,28). The maximum Gasteiger partial charge on any atom is 0.189 e. The molecule has 0 spiro atoms. The number of nitrogens with two attached hydrogens (primary N) is 1. The quantitative estimate of drug-likeness (QED) is 0.478. The summed E-state index contributed by atoms with van der Waals surface area (Å²) < 4.78 is 1.68. The number of rotatable bonds is 4. The highest BCUT2D eigenvalue weighted by atomic mass is 35.5. The predicted molar refractivity (Wildman–Crippen MR) is 124 cm³/mol. The summed E-state index contributed by atoms with van der Waals surface area (Å²) in [6, 6.07) is 9.36. The zero-order chi connectivity index (χ0) is 22.4. The van der Waals surface area contributed by atoms with Crippen LogP contribution in [0.15, 0.2) is 42.7 Å². The summed E-state index contributed by atoms with van der Waals surface area (Å²) in [5.41, 5.74) is 9.51. The van der Waals surface area contributed by atoms with Gasteiger partial charge in [-0.25, -0.2) is 9.97 Å². The number of hydrogen-bond donors (Lipinski definition) is 1. The maximum absolute atomic E-state index is 13.3. The number of Topliss-reactive ketones (excluding diaryl/α,β-unsaturated/α-hetero) is 1. The SMILES string of the molecule is CN1CCC(C(=O)c2nc(-c3cc(Cl)c4ncccc4c3)c(-c3ccn(C)n3)nc2N)C1. The number of halogens is 1. The summed E-state index contributed by atoms with van der Waals surface area (Å²) in [5, 5.41) is 5.84. The number of aryl methyl sites for hydroxylation is 1. The summed E-state index contributed by atoms with van der Waals surface area (Å²) in [5.74, 6) is -0.112. The van der Waals surface area contributed by atoms with E-state index in [0.29, 0.717) is 34.2 Å². The summed E-state index contributed by atoms with van der Waals surface area (Å²) in [4.78, 5) is 29.1. The Morgan fingerprint density at radius 1 is 1.19 bits per heavy atom. The van der Waals surface area contributed by atoms with E-state index in [-0.39, 0.29) is 23.2 Å². The lowest BCUT2D eigenvalue weighted by Gasteiger charge is -2.14. The number of carbonyl (C=O) groups is 1. The van der Waals surface area contributed by atoms with Crippen LogP contribution in [-0.2, 0) is 7.05 Å². The van der Waals surface area contributed by atoms with Gasteiger partial charge < -0.3 is 10.6 Å². The first-order chi connectivity index (χ1) is 15.4. The fraction of sp³-hybridized carbons (Fsp3) is 0.261. The molecule has 1 unspecified atom stereocenters. The lowest BCUT2D eigenvalue weighted by molar-refractivity contribution is 0.0920. The van der Waals surface area contributed by atoms with E-state index in [1.54, 1.807) is 16.9 Å². The zero-order valence-corrected chi connectivity index (χ0v) is 18.5. The van der Waals surface area contributed by atoms with E-state index in [4.69, 9.17) is 22.3 Å². The number of aromatic nitrogens is 5. The number of carbonyl (C=O) groups excluding carboxylic acids is 1. The molecule has 1 atom stereocenters. The lowest BCUT2D eigenvalue weighted by atomic mass is 9.99. The van der Waals surface area contributed by atoms with Crippen LogP contribution in [0, 0.1) is 5.92 Å². The smallest absolute Gasteiger partial charge is 0.189 e. The van der Waals surface area contributed by atoms with Crippen molar-refractivity contribution in [2.24, 2.45) is 13.0 Å². The van der Waals surface area contributed by atoms with Gasteiger partial charge in [0, 0.05) is 42.9 Å². The van der Waals surface area contributed by atoms with Crippen LogP contribution >= 0.6 is 11.6 Å². The molecule has 1 fully saturated rings. The van der Waals surface area contributed by atoms with E-state index < -0.39 is 0 Å². The highest BCUT2D eigenvalue weighted by Gasteiger charge is 2.31. The first-order valence-corrected chi connectivity index (χ1v) is 10.7. The van der Waals surface area contributed by atoms with Gasteiger partial charge >= 0.3 is 0 Å². The van der Waals surface area contributed by atoms with E-state index in [2.05, 4.69) is 20.0 Å². The van der Waals surface area contributed by atoms with Crippen LogP contribution in [0.25, 0.3) is 33.5 Å². The molecular weight excluding hydrogens is 426 g/mol. The Balaban J connectivity index is 1.71. The van der Waals surface area contributed by atoms with Gasteiger partial charge in [0.1, 0.15) is 17.1 Å². The second kappa shape index (κ2) is 7.96. The fourth-order valence-corrected chi connectivity index (χ4v) is 4.45. The zero-order valence-electron chi connectivity index (χ0n) is 17.8. The minimum Gasteiger partial charge on any atom is -0.382 e. The highest BCUT2D eigenvalue weighted by Crippen LogP contribution is 2.35. The van der Waals surface area contributed by atoms with Crippen LogP contribution in [0.1, 0.15) is 16.9 Å². The first-order valence-electron chi connectivity index (χ1n) is 10.4. The van der Waals surface area contributed by atoms with Crippen LogP contribution in [0.3, 0.4) is 0 Å². The van der Waals surface area contributed by atoms with E-state index in [9.17, 15) is 4.79 Å². The summed E-state index contributed by atoms with van der Waals surface area (Å²) >= 11 is 6.54. The topological polar surface area (TPSA) is 103 Å². The molecule has 3 aromatic heterocycles. The van der Waals surface area contributed by atoms with Crippen LogP contribution in [0.5, 0.6) is 0 Å². The van der Waals surface area contributed by atoms with Crippen molar-refractivity contribution in [2.45, 2.75) is 6.42 Å². The van der Waals surface area contributed by atoms with Gasteiger partial charge in [0.05, 0.1) is 16.2 Å². The Hall–Kier alpha value is -3.36. The van der Waals surface area contributed by atoms with Crippen molar-refractivity contribution >= 4 is 34.1 Å². The molecule has 1 aliphatic rings. The summed E-state index contributed by atoms with van der Waals surface area (Å²) in [6.07, 6.45) is 4.30. The number of ketones is 1. The molecule has 1 aromatic carbocycles. The Labute approximate surface area is 190 Å². The van der Waals surface area contributed by atoms with Gasteiger partial charge in [-0.2, -0.15) is 5.10 Å². The minimum atomic E-state index is -0.144. The first kappa shape index (κ1) is 20.5.